The van der Waals surface area contributed by atoms with Gasteiger partial charge in [-0.15, -0.1) is 0 Å². The van der Waals surface area contributed by atoms with Crippen molar-refractivity contribution < 1.29 is 14.3 Å². The minimum Gasteiger partial charge on any atom is -0.379 e. The summed E-state index contributed by atoms with van der Waals surface area (Å²) in [5.74, 6) is -0.196. The third kappa shape index (κ3) is 4.47. The minimum absolute atomic E-state index is 0.185. The summed E-state index contributed by atoms with van der Waals surface area (Å²) >= 11 is 6.11. The second-order valence-electron chi connectivity index (χ2n) is 7.79. The average molecular weight is 414 g/mol. The summed E-state index contributed by atoms with van der Waals surface area (Å²) < 4.78 is 21.0. The summed E-state index contributed by atoms with van der Waals surface area (Å²) in [4.78, 5) is 13.2. The molecular weight excluding hydrogens is 385 g/mol. The number of halogens is 1. The van der Waals surface area contributed by atoms with Gasteiger partial charge in [0.2, 0.25) is 0 Å². The molecule has 2 fully saturated rings. The molecule has 0 aromatic heterocycles. The minimum atomic E-state index is -2.33. The van der Waals surface area contributed by atoms with Gasteiger partial charge in [-0.1, -0.05) is 38.4 Å². The molecule has 6 nitrogen and oxygen atoms in total. The van der Waals surface area contributed by atoms with Crippen molar-refractivity contribution in [2.45, 2.75) is 25.9 Å². The molecular formula is C19H29ClN3O3P. The first-order valence-electron chi connectivity index (χ1n) is 9.43. The van der Waals surface area contributed by atoms with Crippen LogP contribution in [0.4, 0.5) is 0 Å². The molecule has 3 rings (SSSR count). The van der Waals surface area contributed by atoms with Crippen molar-refractivity contribution in [3.05, 3.63) is 34.9 Å². The number of amides is 1. The van der Waals surface area contributed by atoms with Gasteiger partial charge in [0.1, 0.15) is 7.36 Å². The number of carbonyl (C=O) groups is 1. The van der Waals surface area contributed by atoms with Crippen LogP contribution >= 0.6 is 19.0 Å². The number of ether oxygens (including phenoxy) is 2. The molecule has 2 aliphatic rings. The summed E-state index contributed by atoms with van der Waals surface area (Å²) in [6.07, 6.45) is 0. The van der Waals surface area contributed by atoms with E-state index >= 15 is 0 Å². The van der Waals surface area contributed by atoms with E-state index in [9.17, 15) is 4.79 Å². The first kappa shape index (κ1) is 21.0. The van der Waals surface area contributed by atoms with Gasteiger partial charge in [-0.05, 0) is 18.2 Å². The fourth-order valence-electron chi connectivity index (χ4n) is 3.77. The van der Waals surface area contributed by atoms with Crippen LogP contribution < -0.4 is 0 Å². The number of hydrogen-bond acceptors (Lipinski definition) is 3. The van der Waals surface area contributed by atoms with Crippen LogP contribution in [0.1, 0.15) is 31.1 Å². The van der Waals surface area contributed by atoms with Crippen LogP contribution in [0.25, 0.3) is 0 Å². The lowest BCUT2D eigenvalue weighted by Crippen LogP contribution is -2.48. The van der Waals surface area contributed by atoms with Crippen LogP contribution in [0.2, 0.25) is 5.02 Å². The molecule has 2 aliphatic heterocycles. The smallest absolute Gasteiger partial charge is 0.278 e. The van der Waals surface area contributed by atoms with Crippen molar-refractivity contribution in [3.63, 3.8) is 0 Å². The van der Waals surface area contributed by atoms with Crippen molar-refractivity contribution in [1.82, 2.24) is 9.34 Å². The number of morpholine rings is 2. The Morgan fingerprint density at radius 1 is 1.04 bits per heavy atom. The normalized spacial score (nSPS) is 20.4. The van der Waals surface area contributed by atoms with Crippen LogP contribution in [-0.4, -0.2) is 73.0 Å². The largest absolute Gasteiger partial charge is 0.379 e. The predicted octanol–water partition coefficient (Wildman–Crippen LogP) is 3.97. The quantitative estimate of drug-likeness (QED) is 0.702. The van der Waals surface area contributed by atoms with Gasteiger partial charge in [0.05, 0.1) is 26.4 Å². The van der Waals surface area contributed by atoms with Crippen molar-refractivity contribution in [3.8, 4) is 0 Å². The summed E-state index contributed by atoms with van der Waals surface area (Å²) in [5.41, 5.74) is 0.539. The van der Waals surface area contributed by atoms with Crippen LogP contribution in [0.15, 0.2) is 29.0 Å². The monoisotopic (exact) mass is 413 g/mol. The van der Waals surface area contributed by atoms with Crippen LogP contribution in [0, 0.1) is 0 Å². The number of benzene rings is 1. The molecule has 0 bridgehead atoms. The van der Waals surface area contributed by atoms with Crippen LogP contribution in [-0.2, 0) is 9.47 Å². The van der Waals surface area contributed by atoms with Gasteiger partial charge in [-0.25, -0.2) is 0 Å². The lowest BCUT2D eigenvalue weighted by molar-refractivity contribution is 0.0546. The van der Waals surface area contributed by atoms with Gasteiger partial charge in [0.25, 0.3) is 5.91 Å². The summed E-state index contributed by atoms with van der Waals surface area (Å²) in [6.45, 7) is 12.4. The zero-order chi connectivity index (χ0) is 19.5. The Bertz CT molecular complexity index is 701. The molecule has 1 aromatic rings. The molecule has 27 heavy (non-hydrogen) atoms. The average Bonchev–Trinajstić information content (AvgIpc) is 2.66. The van der Waals surface area contributed by atoms with Crippen LogP contribution in [0.3, 0.4) is 0 Å². The highest BCUT2D eigenvalue weighted by Crippen LogP contribution is 2.66. The topological polar surface area (TPSA) is 54.4 Å². The zero-order valence-electron chi connectivity index (χ0n) is 16.4. The second kappa shape index (κ2) is 8.73. The summed E-state index contributed by atoms with van der Waals surface area (Å²) in [7, 11) is -2.33. The van der Waals surface area contributed by atoms with E-state index in [1.807, 2.05) is 0 Å². The van der Waals surface area contributed by atoms with Crippen molar-refractivity contribution in [2.75, 3.05) is 52.6 Å². The van der Waals surface area contributed by atoms with E-state index < -0.39 is 7.36 Å². The maximum absolute atomic E-state index is 13.2. The molecule has 150 valence electrons. The van der Waals surface area contributed by atoms with Gasteiger partial charge in [-0.2, -0.15) is 4.74 Å². The molecule has 8 heteroatoms. The summed E-state index contributed by atoms with van der Waals surface area (Å²) in [6, 6.07) is 7.05. The third-order valence-corrected chi connectivity index (χ3v) is 9.84. The maximum atomic E-state index is 13.2. The molecule has 0 radical (unpaired) electrons. The van der Waals surface area contributed by atoms with Crippen molar-refractivity contribution in [2.24, 2.45) is 4.74 Å². The first-order valence-corrected chi connectivity index (χ1v) is 11.5. The molecule has 0 unspecified atom stereocenters. The first-order chi connectivity index (χ1) is 12.8. The third-order valence-electron chi connectivity index (χ3n) is 4.97. The molecule has 0 atom stereocenters. The Kier molecular flexibility index (Phi) is 6.78. The van der Waals surface area contributed by atoms with Gasteiger partial charge in [-0.3, -0.25) is 14.1 Å². The number of hydrogen-bond donors (Lipinski definition) is 0. The van der Waals surface area contributed by atoms with E-state index in [0.717, 1.165) is 26.2 Å². The fourth-order valence-corrected chi connectivity index (χ4v) is 8.38. The highest BCUT2D eigenvalue weighted by molar-refractivity contribution is 7.63. The SMILES string of the molecule is CC(C)(C)P(=NC(=O)c1cccc(Cl)c1)(N1CCOCC1)N1CCOCC1. The number of carbonyl (C=O) groups excluding carboxylic acids is 1. The Balaban J connectivity index is 2.13. The van der Waals surface area contributed by atoms with E-state index in [1.54, 1.807) is 24.3 Å². The molecule has 0 saturated carbocycles. The van der Waals surface area contributed by atoms with Crippen molar-refractivity contribution in [1.29, 1.82) is 0 Å². The standard InChI is InChI=1S/C19H29ClN3O3P/c1-19(2,3)27(22-7-11-25-12-8-22,23-9-13-26-14-10-23)21-18(24)16-5-4-6-17(20)15-16/h4-6,15H,7-14H2,1-3H3. The fraction of sp³-hybridized carbons (Fsp3) is 0.632. The van der Waals surface area contributed by atoms with Gasteiger partial charge < -0.3 is 9.47 Å². The lowest BCUT2D eigenvalue weighted by Gasteiger charge is -2.52. The van der Waals surface area contributed by atoms with Gasteiger partial charge in [0.15, 0.2) is 0 Å². The summed E-state index contributed by atoms with van der Waals surface area (Å²) in [5, 5.41) is 0.365. The highest BCUT2D eigenvalue weighted by Gasteiger charge is 2.46. The van der Waals surface area contributed by atoms with E-state index in [-0.39, 0.29) is 11.1 Å². The molecule has 2 saturated heterocycles. The molecule has 0 aliphatic carbocycles. The van der Waals surface area contributed by atoms with E-state index in [2.05, 4.69) is 30.1 Å². The van der Waals surface area contributed by atoms with E-state index in [4.69, 9.17) is 25.8 Å². The molecule has 1 aromatic carbocycles. The Morgan fingerprint density at radius 2 is 1.56 bits per heavy atom. The molecule has 1 amide bonds. The zero-order valence-corrected chi connectivity index (χ0v) is 18.0. The van der Waals surface area contributed by atoms with Gasteiger partial charge >= 0.3 is 0 Å². The van der Waals surface area contributed by atoms with Gasteiger partial charge in [0, 0.05) is 41.9 Å². The van der Waals surface area contributed by atoms with E-state index in [0.29, 0.717) is 37.0 Å². The number of rotatable bonds is 3. The Morgan fingerprint density at radius 3 is 2.00 bits per heavy atom. The molecule has 0 spiro atoms. The maximum Gasteiger partial charge on any atom is 0.278 e. The predicted molar refractivity (Wildman–Crippen MR) is 110 cm³/mol. The molecule has 2 heterocycles. The van der Waals surface area contributed by atoms with E-state index in [1.165, 1.54) is 0 Å². The number of nitrogens with zero attached hydrogens (tertiary/aromatic N) is 3. The van der Waals surface area contributed by atoms with Crippen LogP contribution in [0.5, 0.6) is 0 Å². The highest BCUT2D eigenvalue weighted by atomic mass is 35.5. The molecule has 0 N–H and O–H groups in total. The van der Waals surface area contributed by atoms with Crippen molar-refractivity contribution >= 4 is 24.9 Å². The second-order valence-corrected chi connectivity index (χ2v) is 12.0. The Hall–Kier alpha value is -0.750. The Labute approximate surface area is 166 Å². The lowest BCUT2D eigenvalue weighted by atomic mass is 10.2.